The van der Waals surface area contributed by atoms with Crippen molar-refractivity contribution in [2.45, 2.75) is 40.2 Å². The summed E-state index contributed by atoms with van der Waals surface area (Å²) >= 11 is 0. The molecule has 4 heteroatoms. The maximum atomic E-state index is 5.52. The SMILES string of the molecule is CC.CC[C@H](C)Oc1ccn(PC)n1. The highest BCUT2D eigenvalue weighted by molar-refractivity contribution is 7.35. The van der Waals surface area contributed by atoms with Crippen LogP contribution in [0.3, 0.4) is 0 Å². The van der Waals surface area contributed by atoms with E-state index in [1.54, 1.807) is 0 Å². The van der Waals surface area contributed by atoms with Crippen LogP contribution in [-0.4, -0.2) is 22.3 Å². The first-order valence-electron chi connectivity index (χ1n) is 5.16. The second-order valence-corrected chi connectivity index (χ2v) is 3.56. The topological polar surface area (TPSA) is 27.1 Å². The monoisotopic (exact) mass is 216 g/mol. The Hall–Kier alpha value is -0.560. The third-order valence-electron chi connectivity index (χ3n) is 1.69. The summed E-state index contributed by atoms with van der Waals surface area (Å²) in [5.41, 5.74) is 0. The Bertz CT molecular complexity index is 238. The van der Waals surface area contributed by atoms with Crippen molar-refractivity contribution in [2.75, 3.05) is 6.66 Å². The molecule has 1 aromatic heterocycles. The zero-order chi connectivity index (χ0) is 11.0. The van der Waals surface area contributed by atoms with Crippen molar-refractivity contribution in [1.29, 1.82) is 0 Å². The van der Waals surface area contributed by atoms with Gasteiger partial charge in [0.2, 0.25) is 5.88 Å². The Kier molecular flexibility index (Phi) is 7.50. The van der Waals surface area contributed by atoms with Crippen LogP contribution in [0.4, 0.5) is 0 Å². The normalized spacial score (nSPS) is 12.4. The number of hydrogen-bond acceptors (Lipinski definition) is 2. The number of hydrogen-bond donors (Lipinski definition) is 0. The lowest BCUT2D eigenvalue weighted by Crippen LogP contribution is -2.09. The van der Waals surface area contributed by atoms with Crippen molar-refractivity contribution in [1.82, 2.24) is 9.55 Å². The summed E-state index contributed by atoms with van der Waals surface area (Å²) in [5, 5.41) is 4.22. The molecule has 1 heterocycles. The van der Waals surface area contributed by atoms with Crippen molar-refractivity contribution in [3.05, 3.63) is 12.3 Å². The standard InChI is InChI=1S/C8H15N2OP.C2H6/c1-4-7(2)11-8-5-6-10(9-8)12-3;1-2/h5-7,12H,4H2,1-3H3;1-2H3/t7-;/m0./s1. The Labute approximate surface area is 88.7 Å². The first kappa shape index (κ1) is 13.4. The second kappa shape index (κ2) is 7.81. The lowest BCUT2D eigenvalue weighted by molar-refractivity contribution is 0.208. The van der Waals surface area contributed by atoms with Crippen LogP contribution >= 0.6 is 8.73 Å². The van der Waals surface area contributed by atoms with E-state index in [0.29, 0.717) is 8.73 Å². The molecule has 0 N–H and O–H groups in total. The van der Waals surface area contributed by atoms with E-state index < -0.39 is 0 Å². The average molecular weight is 216 g/mol. The molecule has 0 amide bonds. The lowest BCUT2D eigenvalue weighted by atomic mass is 10.3. The molecule has 0 aliphatic rings. The third kappa shape index (κ3) is 4.61. The van der Waals surface area contributed by atoms with Crippen LogP contribution in [0.1, 0.15) is 34.1 Å². The van der Waals surface area contributed by atoms with Gasteiger partial charge in [0.1, 0.15) is 0 Å². The van der Waals surface area contributed by atoms with E-state index in [0.717, 1.165) is 12.3 Å². The second-order valence-electron chi connectivity index (χ2n) is 2.66. The first-order chi connectivity index (χ1) is 6.76. The summed E-state index contributed by atoms with van der Waals surface area (Å²) in [6.45, 7) is 10.2. The van der Waals surface area contributed by atoms with Crippen LogP contribution in [0, 0.1) is 0 Å². The molecule has 1 rings (SSSR count). The summed E-state index contributed by atoms with van der Waals surface area (Å²) in [7, 11) is 0.674. The largest absolute Gasteiger partial charge is 0.474 e. The molecule has 0 radical (unpaired) electrons. The fourth-order valence-corrected chi connectivity index (χ4v) is 1.21. The van der Waals surface area contributed by atoms with Crippen molar-refractivity contribution in [3.63, 3.8) is 0 Å². The van der Waals surface area contributed by atoms with Gasteiger partial charge in [0.15, 0.2) is 0 Å². The molecular weight excluding hydrogens is 195 g/mol. The maximum absolute atomic E-state index is 5.52. The number of aromatic nitrogens is 2. The minimum atomic E-state index is 0.258. The molecular formula is C10H21N2OP. The van der Waals surface area contributed by atoms with E-state index in [1.807, 2.05) is 37.5 Å². The molecule has 1 unspecified atom stereocenters. The first-order valence-corrected chi connectivity index (χ1v) is 6.61. The number of rotatable bonds is 4. The van der Waals surface area contributed by atoms with Gasteiger partial charge < -0.3 is 4.74 Å². The Morgan fingerprint density at radius 2 is 2.21 bits per heavy atom. The molecule has 0 saturated heterocycles. The molecule has 0 saturated carbocycles. The molecule has 0 aromatic carbocycles. The molecule has 2 atom stereocenters. The van der Waals surface area contributed by atoms with Crippen LogP contribution in [0.25, 0.3) is 0 Å². The number of ether oxygens (including phenoxy) is 1. The van der Waals surface area contributed by atoms with Gasteiger partial charge in [-0.1, -0.05) is 20.8 Å². The molecule has 0 aliphatic carbocycles. The Balaban J connectivity index is 0.000000791. The molecule has 0 fully saturated rings. The van der Waals surface area contributed by atoms with Gasteiger partial charge in [-0.05, 0) is 28.7 Å². The van der Waals surface area contributed by atoms with Gasteiger partial charge in [-0.2, -0.15) is 0 Å². The lowest BCUT2D eigenvalue weighted by Gasteiger charge is -2.08. The summed E-state index contributed by atoms with van der Waals surface area (Å²) in [6, 6.07) is 1.91. The molecule has 1 aromatic rings. The van der Waals surface area contributed by atoms with Crippen LogP contribution in [0.2, 0.25) is 0 Å². The van der Waals surface area contributed by atoms with E-state index in [2.05, 4.69) is 18.7 Å². The van der Waals surface area contributed by atoms with Gasteiger partial charge in [-0.3, -0.25) is 4.45 Å². The zero-order valence-corrected chi connectivity index (χ0v) is 10.7. The van der Waals surface area contributed by atoms with E-state index in [4.69, 9.17) is 4.74 Å². The predicted molar refractivity (Wildman–Crippen MR) is 63.6 cm³/mol. The van der Waals surface area contributed by atoms with E-state index >= 15 is 0 Å². The van der Waals surface area contributed by atoms with E-state index in [9.17, 15) is 0 Å². The van der Waals surface area contributed by atoms with Gasteiger partial charge in [0, 0.05) is 12.3 Å². The van der Waals surface area contributed by atoms with E-state index in [1.165, 1.54) is 0 Å². The van der Waals surface area contributed by atoms with Gasteiger partial charge in [0.25, 0.3) is 0 Å². The minimum Gasteiger partial charge on any atom is -0.474 e. The summed E-state index contributed by atoms with van der Waals surface area (Å²) in [6.07, 6.45) is 3.21. The summed E-state index contributed by atoms with van der Waals surface area (Å²) < 4.78 is 7.41. The van der Waals surface area contributed by atoms with Gasteiger partial charge in [0.05, 0.1) is 6.10 Å². The zero-order valence-electron chi connectivity index (χ0n) is 9.74. The van der Waals surface area contributed by atoms with Crippen molar-refractivity contribution in [2.24, 2.45) is 0 Å². The molecule has 0 aliphatic heterocycles. The van der Waals surface area contributed by atoms with Crippen LogP contribution in [0.15, 0.2) is 12.3 Å². The highest BCUT2D eigenvalue weighted by Gasteiger charge is 2.02. The van der Waals surface area contributed by atoms with Gasteiger partial charge >= 0.3 is 0 Å². The van der Waals surface area contributed by atoms with Crippen molar-refractivity contribution in [3.8, 4) is 5.88 Å². The smallest absolute Gasteiger partial charge is 0.233 e. The van der Waals surface area contributed by atoms with E-state index in [-0.39, 0.29) is 6.10 Å². The molecule has 0 bridgehead atoms. The predicted octanol–water partition coefficient (Wildman–Crippen LogP) is 3.16. The average Bonchev–Trinajstić information content (AvgIpc) is 2.68. The highest BCUT2D eigenvalue weighted by Crippen LogP contribution is 2.14. The van der Waals surface area contributed by atoms with Crippen molar-refractivity contribution < 1.29 is 4.74 Å². The third-order valence-corrected chi connectivity index (χ3v) is 2.40. The fourth-order valence-electron chi connectivity index (χ4n) is 0.784. The number of nitrogens with zero attached hydrogens (tertiary/aromatic N) is 2. The van der Waals surface area contributed by atoms with Crippen LogP contribution in [-0.2, 0) is 0 Å². The summed E-state index contributed by atoms with van der Waals surface area (Å²) in [4.78, 5) is 0. The maximum Gasteiger partial charge on any atom is 0.233 e. The summed E-state index contributed by atoms with van der Waals surface area (Å²) in [5.74, 6) is 0.735. The van der Waals surface area contributed by atoms with Crippen molar-refractivity contribution >= 4 is 8.73 Å². The van der Waals surface area contributed by atoms with Gasteiger partial charge in [-0.25, -0.2) is 0 Å². The minimum absolute atomic E-state index is 0.258. The molecule has 3 nitrogen and oxygen atoms in total. The fraction of sp³-hybridized carbons (Fsp3) is 0.700. The Morgan fingerprint density at radius 3 is 2.64 bits per heavy atom. The molecule has 14 heavy (non-hydrogen) atoms. The molecule has 0 spiro atoms. The Morgan fingerprint density at radius 1 is 1.57 bits per heavy atom. The van der Waals surface area contributed by atoms with Gasteiger partial charge in [-0.15, -0.1) is 5.10 Å². The molecule has 82 valence electrons. The van der Waals surface area contributed by atoms with Crippen LogP contribution < -0.4 is 4.74 Å². The highest BCUT2D eigenvalue weighted by atomic mass is 31.1. The van der Waals surface area contributed by atoms with Crippen LogP contribution in [0.5, 0.6) is 5.88 Å². The quantitative estimate of drug-likeness (QED) is 0.723.